The molecule has 126 valence electrons. The normalized spacial score (nSPS) is 20.3. The maximum Gasteiger partial charge on any atom is 0.238 e. The number of carbonyl (C=O) groups excluding carboxylic acids is 1. The van der Waals surface area contributed by atoms with E-state index in [4.69, 9.17) is 8.94 Å². The first kappa shape index (κ1) is 16.2. The van der Waals surface area contributed by atoms with Gasteiger partial charge in [0.15, 0.2) is 5.76 Å². The van der Waals surface area contributed by atoms with E-state index in [2.05, 4.69) is 28.9 Å². The van der Waals surface area contributed by atoms with Crippen LogP contribution < -0.4 is 0 Å². The topological polar surface area (TPSA) is 72.4 Å². The predicted molar refractivity (Wildman–Crippen MR) is 89.0 cm³/mol. The highest BCUT2D eigenvalue weighted by Crippen LogP contribution is 2.22. The van der Waals surface area contributed by atoms with Gasteiger partial charge in [0.25, 0.3) is 0 Å². The van der Waals surface area contributed by atoms with E-state index in [0.717, 1.165) is 12.8 Å². The van der Waals surface area contributed by atoms with Gasteiger partial charge in [0.1, 0.15) is 0 Å². The molecular formula is C18H21N3O3. The molecule has 6 heteroatoms. The molecule has 0 aliphatic carbocycles. The van der Waals surface area contributed by atoms with E-state index in [0.29, 0.717) is 30.3 Å². The molecule has 2 atom stereocenters. The Morgan fingerprint density at radius 2 is 2.42 bits per heavy atom. The third kappa shape index (κ3) is 3.48. The highest BCUT2D eigenvalue weighted by Gasteiger charge is 2.28. The van der Waals surface area contributed by atoms with E-state index >= 15 is 0 Å². The minimum Gasteiger partial charge on any atom is -0.461 e. The lowest BCUT2D eigenvalue weighted by Gasteiger charge is -2.37. The summed E-state index contributed by atoms with van der Waals surface area (Å²) in [7, 11) is 0. The highest BCUT2D eigenvalue weighted by atomic mass is 16.5. The lowest BCUT2D eigenvalue weighted by molar-refractivity contribution is -0.135. The quantitative estimate of drug-likeness (QED) is 0.761. The Bertz CT molecular complexity index is 718. The van der Waals surface area contributed by atoms with E-state index in [1.807, 2.05) is 17.9 Å². The molecule has 0 saturated carbocycles. The van der Waals surface area contributed by atoms with Crippen LogP contribution in [0.5, 0.6) is 0 Å². The Morgan fingerprint density at radius 1 is 1.54 bits per heavy atom. The summed E-state index contributed by atoms with van der Waals surface area (Å²) in [5, 5.41) is 3.88. The molecule has 0 N–H and O–H groups in total. The monoisotopic (exact) mass is 327 g/mol. The molecule has 1 amide bonds. The fraction of sp³-hybridized carbons (Fsp3) is 0.389. The maximum absolute atomic E-state index is 12.7. The summed E-state index contributed by atoms with van der Waals surface area (Å²) in [6.07, 6.45) is 10.0. The smallest absolute Gasteiger partial charge is 0.238 e. The van der Waals surface area contributed by atoms with E-state index in [-0.39, 0.29) is 18.0 Å². The van der Waals surface area contributed by atoms with Crippen LogP contribution in [0.4, 0.5) is 0 Å². The second-order valence-electron chi connectivity index (χ2n) is 5.87. The van der Waals surface area contributed by atoms with Crippen LogP contribution in [0.2, 0.25) is 0 Å². The summed E-state index contributed by atoms with van der Waals surface area (Å²) >= 11 is 0. The Kier molecular flexibility index (Phi) is 4.93. The first-order valence-electron chi connectivity index (χ1n) is 8.14. The van der Waals surface area contributed by atoms with Crippen molar-refractivity contribution in [3.8, 4) is 11.6 Å². The van der Waals surface area contributed by atoms with Crippen molar-refractivity contribution in [1.82, 2.24) is 15.0 Å². The van der Waals surface area contributed by atoms with Crippen LogP contribution in [0.25, 0.3) is 11.6 Å². The Hall–Kier alpha value is -2.63. The Labute approximate surface area is 140 Å². The number of furan rings is 1. The van der Waals surface area contributed by atoms with E-state index in [1.165, 1.54) is 0 Å². The van der Waals surface area contributed by atoms with Gasteiger partial charge in [-0.05, 0) is 31.9 Å². The van der Waals surface area contributed by atoms with Gasteiger partial charge in [0.2, 0.25) is 17.6 Å². The Morgan fingerprint density at radius 3 is 3.17 bits per heavy atom. The van der Waals surface area contributed by atoms with Crippen LogP contribution in [0, 0.1) is 0 Å². The maximum atomic E-state index is 12.7. The van der Waals surface area contributed by atoms with Crippen molar-refractivity contribution in [1.29, 1.82) is 0 Å². The van der Waals surface area contributed by atoms with Gasteiger partial charge in [0.05, 0.1) is 6.26 Å². The van der Waals surface area contributed by atoms with Crippen molar-refractivity contribution < 1.29 is 13.7 Å². The number of aryl methyl sites for hydroxylation is 1. The van der Waals surface area contributed by atoms with Gasteiger partial charge >= 0.3 is 0 Å². The largest absolute Gasteiger partial charge is 0.461 e. The molecule has 0 aromatic carbocycles. The fourth-order valence-corrected chi connectivity index (χ4v) is 3.01. The predicted octanol–water partition coefficient (Wildman–Crippen LogP) is 3.38. The van der Waals surface area contributed by atoms with Gasteiger partial charge in [0, 0.05) is 24.9 Å². The van der Waals surface area contributed by atoms with Crippen molar-refractivity contribution in [3.63, 3.8) is 0 Å². The van der Waals surface area contributed by atoms with E-state index in [9.17, 15) is 4.79 Å². The number of aromatic nitrogens is 2. The minimum atomic E-state index is 0.0939. The number of carbonyl (C=O) groups is 1. The lowest BCUT2D eigenvalue weighted by Crippen LogP contribution is -2.46. The average molecular weight is 327 g/mol. The first-order valence-corrected chi connectivity index (χ1v) is 8.14. The van der Waals surface area contributed by atoms with E-state index in [1.54, 1.807) is 18.4 Å². The SMILES string of the molecule is C=CC[C@@H]1CC=C[C@@H](C)N1C(=O)CCc1nc(-c2ccco2)no1. The van der Waals surface area contributed by atoms with Gasteiger partial charge in [-0.15, -0.1) is 6.58 Å². The van der Waals surface area contributed by atoms with Crippen molar-refractivity contribution in [2.24, 2.45) is 0 Å². The van der Waals surface area contributed by atoms with Crippen molar-refractivity contribution >= 4 is 5.91 Å². The molecule has 24 heavy (non-hydrogen) atoms. The van der Waals surface area contributed by atoms with Crippen molar-refractivity contribution in [3.05, 3.63) is 49.1 Å². The molecule has 0 fully saturated rings. The molecule has 1 aliphatic heterocycles. The number of rotatable bonds is 6. The zero-order valence-corrected chi connectivity index (χ0v) is 13.7. The van der Waals surface area contributed by atoms with Crippen LogP contribution in [0.3, 0.4) is 0 Å². The fourth-order valence-electron chi connectivity index (χ4n) is 3.01. The van der Waals surface area contributed by atoms with Gasteiger partial charge < -0.3 is 13.8 Å². The summed E-state index contributed by atoms with van der Waals surface area (Å²) in [5.74, 6) is 1.49. The lowest BCUT2D eigenvalue weighted by atomic mass is 9.99. The molecule has 2 aromatic rings. The van der Waals surface area contributed by atoms with Gasteiger partial charge in [-0.1, -0.05) is 23.4 Å². The molecule has 0 unspecified atom stereocenters. The second kappa shape index (κ2) is 7.29. The minimum absolute atomic E-state index is 0.0939. The van der Waals surface area contributed by atoms with Crippen LogP contribution in [-0.4, -0.2) is 33.0 Å². The van der Waals surface area contributed by atoms with Crippen molar-refractivity contribution in [2.75, 3.05) is 0 Å². The third-order valence-corrected chi connectivity index (χ3v) is 4.14. The summed E-state index contributed by atoms with van der Waals surface area (Å²) in [5.41, 5.74) is 0. The first-order chi connectivity index (χ1) is 11.7. The summed E-state index contributed by atoms with van der Waals surface area (Å²) in [6.45, 7) is 5.82. The molecular weight excluding hydrogens is 306 g/mol. The van der Waals surface area contributed by atoms with Gasteiger partial charge in [-0.2, -0.15) is 4.98 Å². The summed E-state index contributed by atoms with van der Waals surface area (Å²) < 4.78 is 10.4. The van der Waals surface area contributed by atoms with Crippen molar-refractivity contribution in [2.45, 2.75) is 44.7 Å². The summed E-state index contributed by atoms with van der Waals surface area (Å²) in [4.78, 5) is 18.9. The molecule has 0 saturated heterocycles. The van der Waals surface area contributed by atoms with Gasteiger partial charge in [-0.3, -0.25) is 4.79 Å². The highest BCUT2D eigenvalue weighted by molar-refractivity contribution is 5.77. The van der Waals surface area contributed by atoms with Crippen LogP contribution in [0.15, 0.2) is 52.1 Å². The molecule has 3 rings (SSSR count). The molecule has 1 aliphatic rings. The molecule has 0 spiro atoms. The molecule has 2 aromatic heterocycles. The van der Waals surface area contributed by atoms with Crippen LogP contribution in [0.1, 0.15) is 32.1 Å². The van der Waals surface area contributed by atoms with Crippen LogP contribution in [-0.2, 0) is 11.2 Å². The van der Waals surface area contributed by atoms with Gasteiger partial charge in [-0.25, -0.2) is 0 Å². The standard InChI is InChI=1S/C18H21N3O3/c1-3-6-14-8-4-7-13(2)21(14)17(22)11-10-16-19-18(20-24-16)15-9-5-12-23-15/h3-5,7,9,12-14H,1,6,8,10-11H2,2H3/t13-,14-/m1/s1. The molecule has 6 nitrogen and oxygen atoms in total. The zero-order chi connectivity index (χ0) is 16.9. The zero-order valence-electron chi connectivity index (χ0n) is 13.7. The van der Waals surface area contributed by atoms with Crippen LogP contribution >= 0.6 is 0 Å². The number of hydrogen-bond acceptors (Lipinski definition) is 5. The number of nitrogens with zero attached hydrogens (tertiary/aromatic N) is 3. The summed E-state index contributed by atoms with van der Waals surface area (Å²) in [6, 6.07) is 3.80. The number of hydrogen-bond donors (Lipinski definition) is 0. The average Bonchev–Trinajstić information content (AvgIpc) is 3.24. The molecule has 3 heterocycles. The molecule has 0 bridgehead atoms. The number of amides is 1. The third-order valence-electron chi connectivity index (χ3n) is 4.14. The van der Waals surface area contributed by atoms with E-state index < -0.39 is 0 Å². The second-order valence-corrected chi connectivity index (χ2v) is 5.87. The molecule has 0 radical (unpaired) electrons. The Balaban J connectivity index is 1.62.